The Labute approximate surface area is 185 Å². The first kappa shape index (κ1) is 22.6. The van der Waals surface area contributed by atoms with E-state index < -0.39 is 0 Å². The predicted molar refractivity (Wildman–Crippen MR) is 124 cm³/mol. The third kappa shape index (κ3) is 7.38. The van der Waals surface area contributed by atoms with Crippen molar-refractivity contribution in [2.75, 3.05) is 39.3 Å². The van der Waals surface area contributed by atoms with Crippen LogP contribution in [0.4, 0.5) is 0 Å². The Bertz CT molecular complexity index is 667. The molecule has 2 aromatic rings. The molecule has 7 nitrogen and oxygen atoms in total. The number of aliphatic imine (C=N–C) groups is 1. The van der Waals surface area contributed by atoms with E-state index in [2.05, 4.69) is 62.6 Å². The number of hydrogen-bond acceptors (Lipinski definition) is 4. The summed E-state index contributed by atoms with van der Waals surface area (Å²) in [7, 11) is 0. The van der Waals surface area contributed by atoms with Gasteiger partial charge in [0.2, 0.25) is 0 Å². The molecule has 0 spiro atoms. The minimum Gasteiger partial charge on any atom is -0.357 e. The first-order valence-corrected chi connectivity index (χ1v) is 9.97. The van der Waals surface area contributed by atoms with Crippen molar-refractivity contribution < 1.29 is 0 Å². The number of rotatable bonds is 8. The number of hydrogen-bond donors (Lipinski definition) is 1. The van der Waals surface area contributed by atoms with Gasteiger partial charge >= 0.3 is 0 Å². The fraction of sp³-hybridized carbons (Fsp3) is 0.550. The number of guanidine groups is 1. The molecule has 1 saturated heterocycles. The lowest BCUT2D eigenvalue weighted by Crippen LogP contribution is -2.52. The average molecular weight is 497 g/mol. The second-order valence-electron chi connectivity index (χ2n) is 6.89. The molecular formula is C20H32IN7. The van der Waals surface area contributed by atoms with Gasteiger partial charge in [-0.05, 0) is 25.3 Å². The zero-order valence-electron chi connectivity index (χ0n) is 16.7. The summed E-state index contributed by atoms with van der Waals surface area (Å²) < 4.78 is 2.01. The molecule has 1 aromatic heterocycles. The van der Waals surface area contributed by atoms with E-state index in [4.69, 9.17) is 4.99 Å². The quantitative estimate of drug-likeness (QED) is 0.263. The Hall–Kier alpha value is -1.68. The van der Waals surface area contributed by atoms with Crippen LogP contribution in [0, 0.1) is 0 Å². The van der Waals surface area contributed by atoms with Crippen LogP contribution in [0.3, 0.4) is 0 Å². The molecule has 0 amide bonds. The molecule has 8 heteroatoms. The van der Waals surface area contributed by atoms with Crippen LogP contribution in [-0.4, -0.2) is 69.8 Å². The first-order chi connectivity index (χ1) is 13.3. The number of aryl methyl sites for hydroxylation is 1. The smallest absolute Gasteiger partial charge is 0.194 e. The van der Waals surface area contributed by atoms with Crippen LogP contribution in [0.1, 0.15) is 25.3 Å². The standard InChI is InChI=1S/C20H31N7.HI/c1-2-21-20(22-10-6-7-11-26-17-23-24-18-26)27-14-12-25(13-15-27)16-19-8-4-3-5-9-19;/h3-5,8-9,17-18H,2,6-7,10-16H2,1H3,(H,21,22);1H. The maximum absolute atomic E-state index is 4.84. The van der Waals surface area contributed by atoms with E-state index in [0.29, 0.717) is 0 Å². The highest BCUT2D eigenvalue weighted by molar-refractivity contribution is 14.0. The molecule has 0 radical (unpaired) electrons. The number of nitrogens with zero attached hydrogens (tertiary/aromatic N) is 6. The van der Waals surface area contributed by atoms with E-state index in [-0.39, 0.29) is 24.0 Å². The number of aromatic nitrogens is 3. The van der Waals surface area contributed by atoms with Gasteiger partial charge in [0.1, 0.15) is 12.7 Å². The lowest BCUT2D eigenvalue weighted by atomic mass is 10.2. The zero-order chi connectivity index (χ0) is 18.7. The first-order valence-electron chi connectivity index (χ1n) is 9.97. The zero-order valence-corrected chi connectivity index (χ0v) is 19.0. The van der Waals surface area contributed by atoms with Crippen molar-refractivity contribution in [1.82, 2.24) is 29.9 Å². The van der Waals surface area contributed by atoms with Crippen LogP contribution in [0.2, 0.25) is 0 Å². The van der Waals surface area contributed by atoms with Crippen molar-refractivity contribution in [2.45, 2.75) is 32.9 Å². The topological polar surface area (TPSA) is 61.6 Å². The normalized spacial score (nSPS) is 15.3. The third-order valence-electron chi connectivity index (χ3n) is 4.81. The van der Waals surface area contributed by atoms with Crippen LogP contribution in [0.15, 0.2) is 48.0 Å². The largest absolute Gasteiger partial charge is 0.357 e. The van der Waals surface area contributed by atoms with Crippen molar-refractivity contribution in [3.8, 4) is 0 Å². The molecule has 2 heterocycles. The van der Waals surface area contributed by atoms with Crippen molar-refractivity contribution in [1.29, 1.82) is 0 Å². The van der Waals surface area contributed by atoms with E-state index in [9.17, 15) is 0 Å². The van der Waals surface area contributed by atoms with Crippen LogP contribution in [0.5, 0.6) is 0 Å². The summed E-state index contributed by atoms with van der Waals surface area (Å²) in [4.78, 5) is 9.75. The van der Waals surface area contributed by atoms with Gasteiger partial charge in [0.05, 0.1) is 0 Å². The van der Waals surface area contributed by atoms with Gasteiger partial charge in [0.15, 0.2) is 5.96 Å². The molecule has 0 unspecified atom stereocenters. The Kier molecular flexibility index (Phi) is 10.3. The van der Waals surface area contributed by atoms with Gasteiger partial charge in [-0.1, -0.05) is 30.3 Å². The maximum Gasteiger partial charge on any atom is 0.194 e. The van der Waals surface area contributed by atoms with E-state index in [1.54, 1.807) is 12.7 Å². The number of nitrogens with one attached hydrogen (secondary N) is 1. The highest BCUT2D eigenvalue weighted by Crippen LogP contribution is 2.09. The molecule has 0 saturated carbocycles. The minimum atomic E-state index is 0. The molecule has 1 aromatic carbocycles. The molecule has 1 aliphatic heterocycles. The summed E-state index contributed by atoms with van der Waals surface area (Å²) in [6.07, 6.45) is 5.69. The lowest BCUT2D eigenvalue weighted by molar-refractivity contribution is 0.172. The Morgan fingerprint density at radius 1 is 1.04 bits per heavy atom. The Balaban J connectivity index is 0.00000280. The van der Waals surface area contributed by atoms with E-state index in [1.807, 2.05) is 4.57 Å². The Morgan fingerprint density at radius 3 is 2.43 bits per heavy atom. The monoisotopic (exact) mass is 497 g/mol. The number of benzene rings is 1. The summed E-state index contributed by atoms with van der Waals surface area (Å²) in [5.41, 5.74) is 1.39. The third-order valence-corrected chi connectivity index (χ3v) is 4.81. The number of halogens is 1. The number of unbranched alkanes of at least 4 members (excludes halogenated alkanes) is 1. The van der Waals surface area contributed by atoms with E-state index in [1.165, 1.54) is 5.56 Å². The highest BCUT2D eigenvalue weighted by Gasteiger charge is 2.19. The maximum atomic E-state index is 4.84. The summed E-state index contributed by atoms with van der Waals surface area (Å²) in [6, 6.07) is 10.7. The number of piperazine rings is 1. The van der Waals surface area contributed by atoms with Gasteiger partial charge in [0, 0.05) is 52.4 Å². The van der Waals surface area contributed by atoms with Gasteiger partial charge in [-0.15, -0.1) is 34.2 Å². The second-order valence-corrected chi connectivity index (χ2v) is 6.89. The van der Waals surface area contributed by atoms with Gasteiger partial charge in [-0.25, -0.2) is 0 Å². The van der Waals surface area contributed by atoms with Crippen LogP contribution < -0.4 is 5.32 Å². The Morgan fingerprint density at radius 2 is 1.75 bits per heavy atom. The second kappa shape index (κ2) is 12.7. The summed E-state index contributed by atoms with van der Waals surface area (Å²) in [5.74, 6) is 1.06. The summed E-state index contributed by atoms with van der Waals surface area (Å²) >= 11 is 0. The van der Waals surface area contributed by atoms with E-state index in [0.717, 1.165) is 71.2 Å². The van der Waals surface area contributed by atoms with Crippen LogP contribution in [-0.2, 0) is 13.1 Å². The predicted octanol–water partition coefficient (Wildman–Crippen LogP) is 2.46. The van der Waals surface area contributed by atoms with Crippen molar-refractivity contribution in [3.05, 3.63) is 48.5 Å². The molecule has 28 heavy (non-hydrogen) atoms. The molecule has 154 valence electrons. The molecule has 1 aliphatic rings. The van der Waals surface area contributed by atoms with Crippen molar-refractivity contribution >= 4 is 29.9 Å². The van der Waals surface area contributed by atoms with Crippen LogP contribution >= 0.6 is 24.0 Å². The molecule has 0 atom stereocenters. The molecule has 1 fully saturated rings. The molecule has 3 rings (SSSR count). The van der Waals surface area contributed by atoms with Gasteiger partial charge in [0.25, 0.3) is 0 Å². The van der Waals surface area contributed by atoms with E-state index >= 15 is 0 Å². The van der Waals surface area contributed by atoms with Crippen molar-refractivity contribution in [3.63, 3.8) is 0 Å². The van der Waals surface area contributed by atoms with Gasteiger partial charge in [-0.3, -0.25) is 9.89 Å². The SMILES string of the molecule is CCNC(=NCCCCn1cnnc1)N1CCN(Cc2ccccc2)CC1.I. The van der Waals surface area contributed by atoms with Crippen LogP contribution in [0.25, 0.3) is 0 Å². The van der Waals surface area contributed by atoms with Gasteiger partial charge in [-0.2, -0.15) is 0 Å². The summed E-state index contributed by atoms with van der Waals surface area (Å²) in [5, 5.41) is 11.1. The lowest BCUT2D eigenvalue weighted by Gasteiger charge is -2.36. The fourth-order valence-electron chi connectivity index (χ4n) is 3.31. The fourth-order valence-corrected chi connectivity index (χ4v) is 3.31. The molecular weight excluding hydrogens is 465 g/mol. The summed E-state index contributed by atoms with van der Waals surface area (Å²) in [6.45, 7) is 10.1. The molecule has 0 bridgehead atoms. The minimum absolute atomic E-state index is 0. The molecule has 0 aliphatic carbocycles. The highest BCUT2D eigenvalue weighted by atomic mass is 127. The van der Waals surface area contributed by atoms with Gasteiger partial charge < -0.3 is 14.8 Å². The molecule has 1 N–H and O–H groups in total. The van der Waals surface area contributed by atoms with Crippen molar-refractivity contribution in [2.24, 2.45) is 4.99 Å². The average Bonchev–Trinajstić information content (AvgIpc) is 3.22.